The number of furan rings is 1. The zero-order valence-electron chi connectivity index (χ0n) is 9.74. The van der Waals surface area contributed by atoms with Crippen molar-refractivity contribution in [1.82, 2.24) is 0 Å². The highest BCUT2D eigenvalue weighted by Crippen LogP contribution is 2.33. The smallest absolute Gasteiger partial charge is 0.379 e. The summed E-state index contributed by atoms with van der Waals surface area (Å²) in [4.78, 5) is 32.7. The van der Waals surface area contributed by atoms with E-state index >= 15 is 0 Å². The number of ether oxygens (including phenoxy) is 1. The van der Waals surface area contributed by atoms with Crippen molar-refractivity contribution >= 4 is 33.9 Å². The number of non-ortho nitro benzene ring substituents is 1. The number of halogens is 1. The maximum Gasteiger partial charge on any atom is 0.379 e. The van der Waals surface area contributed by atoms with E-state index in [1.54, 1.807) is 0 Å². The molecule has 1 aromatic carbocycles. The number of hydrogen-bond acceptors (Lipinski definition) is 6. The maximum atomic E-state index is 11.7. The second-order valence-corrected chi connectivity index (χ2v) is 4.44. The van der Waals surface area contributed by atoms with Crippen molar-refractivity contribution in [2.45, 2.75) is 0 Å². The quantitative estimate of drug-likeness (QED) is 0.279. The van der Waals surface area contributed by atoms with Gasteiger partial charge >= 0.3 is 5.97 Å². The van der Waals surface area contributed by atoms with Crippen molar-refractivity contribution in [2.24, 2.45) is 0 Å². The van der Waals surface area contributed by atoms with E-state index in [1.807, 2.05) is 0 Å². The molecule has 0 saturated carbocycles. The molecule has 0 N–H and O–H groups in total. The highest BCUT2D eigenvalue weighted by atomic mass is 79.9. The second-order valence-electron chi connectivity index (χ2n) is 3.59. The molecule has 0 atom stereocenters. The summed E-state index contributed by atoms with van der Waals surface area (Å²) < 4.78 is 9.99. The largest absolute Gasteiger partial charge is 0.457 e. The third kappa shape index (κ3) is 2.75. The van der Waals surface area contributed by atoms with Crippen LogP contribution in [0.2, 0.25) is 0 Å². The molecule has 8 heteroatoms. The van der Waals surface area contributed by atoms with Crippen LogP contribution in [-0.2, 0) is 0 Å². The Bertz CT molecular complexity index is 680. The van der Waals surface area contributed by atoms with E-state index in [0.717, 1.165) is 12.1 Å². The van der Waals surface area contributed by atoms with Crippen LogP contribution in [0.3, 0.4) is 0 Å². The summed E-state index contributed by atoms with van der Waals surface area (Å²) in [6.45, 7) is 0. The predicted molar refractivity (Wildman–Crippen MR) is 69.9 cm³/mol. The summed E-state index contributed by atoms with van der Waals surface area (Å²) in [7, 11) is 0. The first-order valence-electron chi connectivity index (χ1n) is 5.21. The molecule has 102 valence electrons. The molecule has 1 aromatic heterocycles. The van der Waals surface area contributed by atoms with Crippen molar-refractivity contribution in [3.63, 3.8) is 0 Å². The van der Waals surface area contributed by atoms with E-state index < -0.39 is 10.9 Å². The Morgan fingerprint density at radius 2 is 2.20 bits per heavy atom. The zero-order chi connectivity index (χ0) is 14.7. The minimum atomic E-state index is -0.812. The fraction of sp³-hybridized carbons (Fsp3) is 0. The second kappa shape index (κ2) is 5.66. The first-order valence-corrected chi connectivity index (χ1v) is 6.01. The molecular formula is C12H6BrNO6. The number of benzene rings is 1. The van der Waals surface area contributed by atoms with Gasteiger partial charge in [-0.05, 0) is 28.1 Å². The van der Waals surface area contributed by atoms with Gasteiger partial charge in [0.05, 0.1) is 21.2 Å². The first-order chi connectivity index (χ1) is 9.52. The summed E-state index contributed by atoms with van der Waals surface area (Å²) >= 11 is 3.03. The molecule has 0 fully saturated rings. The van der Waals surface area contributed by atoms with Crippen LogP contribution < -0.4 is 4.74 Å². The molecule has 0 saturated heterocycles. The molecule has 0 radical (unpaired) electrons. The van der Waals surface area contributed by atoms with Gasteiger partial charge < -0.3 is 9.15 Å². The zero-order valence-corrected chi connectivity index (χ0v) is 11.3. The van der Waals surface area contributed by atoms with Gasteiger partial charge in [-0.2, -0.15) is 0 Å². The van der Waals surface area contributed by atoms with Gasteiger partial charge in [0, 0.05) is 12.1 Å². The van der Waals surface area contributed by atoms with Crippen LogP contribution in [0, 0.1) is 10.1 Å². The van der Waals surface area contributed by atoms with Gasteiger partial charge in [0.25, 0.3) is 5.69 Å². The lowest BCUT2D eigenvalue weighted by Gasteiger charge is -2.07. The van der Waals surface area contributed by atoms with E-state index in [9.17, 15) is 19.7 Å². The van der Waals surface area contributed by atoms with Crippen LogP contribution in [0.25, 0.3) is 0 Å². The fourth-order valence-corrected chi connectivity index (χ4v) is 1.98. The summed E-state index contributed by atoms with van der Waals surface area (Å²) in [5.74, 6) is -0.966. The average molecular weight is 340 g/mol. The minimum Gasteiger partial charge on any atom is -0.457 e. The van der Waals surface area contributed by atoms with E-state index in [2.05, 4.69) is 15.9 Å². The Balaban J connectivity index is 2.39. The van der Waals surface area contributed by atoms with Gasteiger partial charge in [-0.1, -0.05) is 0 Å². The van der Waals surface area contributed by atoms with Gasteiger partial charge in [-0.25, -0.2) is 4.79 Å². The molecule has 0 aliphatic carbocycles. The number of nitrogens with zero attached hydrogens (tertiary/aromatic N) is 1. The Kier molecular flexibility index (Phi) is 3.94. The van der Waals surface area contributed by atoms with E-state index in [4.69, 9.17) is 9.15 Å². The number of carbonyl (C=O) groups excluding carboxylic acids is 2. The number of aldehydes is 1. The lowest BCUT2D eigenvalue weighted by molar-refractivity contribution is -0.385. The Hall–Kier alpha value is -2.48. The highest BCUT2D eigenvalue weighted by molar-refractivity contribution is 9.10. The number of hydrogen-bond donors (Lipinski definition) is 0. The van der Waals surface area contributed by atoms with Gasteiger partial charge in [0.2, 0.25) is 5.76 Å². The van der Waals surface area contributed by atoms with Crippen molar-refractivity contribution in [3.05, 3.63) is 56.4 Å². The van der Waals surface area contributed by atoms with Gasteiger partial charge in [-0.15, -0.1) is 0 Å². The molecule has 0 unspecified atom stereocenters. The van der Waals surface area contributed by atoms with Crippen molar-refractivity contribution in [2.75, 3.05) is 0 Å². The van der Waals surface area contributed by atoms with Crippen LogP contribution in [0.5, 0.6) is 5.75 Å². The van der Waals surface area contributed by atoms with E-state index in [-0.39, 0.29) is 27.2 Å². The third-order valence-corrected chi connectivity index (χ3v) is 2.90. The van der Waals surface area contributed by atoms with Gasteiger partial charge in [0.1, 0.15) is 0 Å². The predicted octanol–water partition coefficient (Wildman–Crippen LogP) is 2.98. The van der Waals surface area contributed by atoms with Crippen molar-refractivity contribution < 1.29 is 23.7 Å². The Morgan fingerprint density at radius 3 is 2.75 bits per heavy atom. The van der Waals surface area contributed by atoms with Crippen LogP contribution in [0.4, 0.5) is 5.69 Å². The van der Waals surface area contributed by atoms with Gasteiger partial charge in [0.15, 0.2) is 12.0 Å². The summed E-state index contributed by atoms with van der Waals surface area (Å²) in [5, 5.41) is 10.7. The molecule has 2 aromatic rings. The number of nitro benzene ring substituents is 1. The number of esters is 1. The molecular weight excluding hydrogens is 334 g/mol. The van der Waals surface area contributed by atoms with Crippen LogP contribution in [0.1, 0.15) is 20.9 Å². The van der Waals surface area contributed by atoms with E-state index in [1.165, 1.54) is 18.4 Å². The van der Waals surface area contributed by atoms with Gasteiger partial charge in [-0.3, -0.25) is 14.9 Å². The van der Waals surface area contributed by atoms with Crippen molar-refractivity contribution in [3.8, 4) is 5.75 Å². The van der Waals surface area contributed by atoms with Crippen LogP contribution in [0.15, 0.2) is 39.4 Å². The topological polar surface area (TPSA) is 99.6 Å². The van der Waals surface area contributed by atoms with E-state index in [0.29, 0.717) is 6.29 Å². The third-order valence-electron chi connectivity index (χ3n) is 2.31. The summed E-state index contributed by atoms with van der Waals surface area (Å²) in [6, 6.07) is 5.05. The molecule has 0 aliphatic rings. The standard InChI is InChI=1S/C12H6BrNO6/c13-9-5-8(14(17)18)4-7(6-15)11(9)20-12(16)10-2-1-3-19-10/h1-6H. The molecule has 1 heterocycles. The van der Waals surface area contributed by atoms with Crippen molar-refractivity contribution in [1.29, 1.82) is 0 Å². The first kappa shape index (κ1) is 13.9. The summed E-state index contributed by atoms with van der Waals surface area (Å²) in [5.41, 5.74) is -0.414. The van der Waals surface area contributed by atoms with Crippen LogP contribution >= 0.6 is 15.9 Å². The molecule has 0 aliphatic heterocycles. The SMILES string of the molecule is O=Cc1cc([N+](=O)[O-])cc(Br)c1OC(=O)c1ccco1. The molecule has 0 bridgehead atoms. The minimum absolute atomic E-state index is 0.0490. The molecule has 7 nitrogen and oxygen atoms in total. The molecule has 0 amide bonds. The number of carbonyl (C=O) groups is 2. The number of nitro groups is 1. The molecule has 2 rings (SSSR count). The molecule has 0 spiro atoms. The summed E-state index contributed by atoms with van der Waals surface area (Å²) in [6.07, 6.45) is 1.66. The lowest BCUT2D eigenvalue weighted by atomic mass is 10.2. The normalized spacial score (nSPS) is 10.1. The average Bonchev–Trinajstić information content (AvgIpc) is 2.94. The fourth-order valence-electron chi connectivity index (χ4n) is 1.44. The number of rotatable bonds is 4. The lowest BCUT2D eigenvalue weighted by Crippen LogP contribution is -2.09. The highest BCUT2D eigenvalue weighted by Gasteiger charge is 2.20. The Labute approximate surface area is 120 Å². The monoisotopic (exact) mass is 339 g/mol. The Morgan fingerprint density at radius 1 is 1.45 bits per heavy atom. The molecule has 20 heavy (non-hydrogen) atoms. The van der Waals surface area contributed by atoms with Crippen LogP contribution in [-0.4, -0.2) is 17.2 Å². The maximum absolute atomic E-state index is 11.7.